The predicted molar refractivity (Wildman–Crippen MR) is 104 cm³/mol. The van der Waals surface area contributed by atoms with Crippen LogP contribution in [0.3, 0.4) is 0 Å². The molecule has 2 aromatic rings. The van der Waals surface area contributed by atoms with Crippen LogP contribution in [0.25, 0.3) is 10.9 Å². The Kier molecular flexibility index (Phi) is 4.18. The SMILES string of the molecule is O=C(C1CCC1)N1C[C@H]2CC[C@@H](C1)N(C(=O)Cn1ccc3ccccc31)C2. The largest absolute Gasteiger partial charge is 0.340 e. The van der Waals surface area contributed by atoms with Gasteiger partial charge in [0, 0.05) is 43.3 Å². The molecule has 0 N–H and O–H groups in total. The van der Waals surface area contributed by atoms with Crippen molar-refractivity contribution < 1.29 is 9.59 Å². The fraction of sp³-hybridized carbons (Fsp3) is 0.545. The summed E-state index contributed by atoms with van der Waals surface area (Å²) >= 11 is 0. The van der Waals surface area contributed by atoms with E-state index in [0.717, 1.165) is 50.8 Å². The molecule has 2 atom stereocenters. The van der Waals surface area contributed by atoms with E-state index < -0.39 is 0 Å². The fourth-order valence-electron chi connectivity index (χ4n) is 5.00. The van der Waals surface area contributed by atoms with Crippen LogP contribution in [0.2, 0.25) is 0 Å². The number of hydrogen-bond donors (Lipinski definition) is 0. The number of benzene rings is 1. The van der Waals surface area contributed by atoms with Crippen LogP contribution in [0, 0.1) is 11.8 Å². The van der Waals surface area contributed by atoms with Crippen molar-refractivity contribution in [3.05, 3.63) is 36.5 Å². The third kappa shape index (κ3) is 3.03. The van der Waals surface area contributed by atoms with Gasteiger partial charge in [-0.15, -0.1) is 0 Å². The maximum atomic E-state index is 13.1. The Hall–Kier alpha value is -2.30. The predicted octanol–water partition coefficient (Wildman–Crippen LogP) is 2.89. The van der Waals surface area contributed by atoms with E-state index in [9.17, 15) is 9.59 Å². The van der Waals surface area contributed by atoms with Crippen LogP contribution in [-0.2, 0) is 16.1 Å². The van der Waals surface area contributed by atoms with Gasteiger partial charge in [-0.2, -0.15) is 0 Å². The summed E-state index contributed by atoms with van der Waals surface area (Å²) in [6.45, 7) is 2.75. The van der Waals surface area contributed by atoms with Crippen molar-refractivity contribution in [2.45, 2.75) is 44.7 Å². The second-order valence-corrected chi connectivity index (χ2v) is 8.52. The zero-order chi connectivity index (χ0) is 18.4. The van der Waals surface area contributed by atoms with Crippen molar-refractivity contribution in [1.82, 2.24) is 14.4 Å². The molecule has 142 valence electrons. The first-order valence-corrected chi connectivity index (χ1v) is 10.3. The van der Waals surface area contributed by atoms with Gasteiger partial charge in [-0.3, -0.25) is 9.59 Å². The summed E-state index contributed by atoms with van der Waals surface area (Å²) < 4.78 is 2.05. The monoisotopic (exact) mass is 365 g/mol. The molecule has 5 heteroatoms. The molecule has 2 amide bonds. The van der Waals surface area contributed by atoms with Gasteiger partial charge >= 0.3 is 0 Å². The number of carbonyl (C=O) groups excluding carboxylic acids is 2. The van der Waals surface area contributed by atoms with E-state index in [2.05, 4.69) is 28.0 Å². The van der Waals surface area contributed by atoms with Crippen molar-refractivity contribution in [1.29, 1.82) is 0 Å². The highest BCUT2D eigenvalue weighted by molar-refractivity contribution is 5.84. The normalized spacial score (nSPS) is 25.5. The van der Waals surface area contributed by atoms with Crippen molar-refractivity contribution in [2.75, 3.05) is 19.6 Å². The Balaban J connectivity index is 1.31. The number of fused-ring (bicyclic) bond motifs is 5. The molecule has 4 aliphatic rings. The minimum atomic E-state index is 0.183. The number of aromatic nitrogens is 1. The highest BCUT2D eigenvalue weighted by atomic mass is 16.2. The molecular formula is C22H27N3O2. The molecule has 4 heterocycles. The zero-order valence-electron chi connectivity index (χ0n) is 15.7. The Morgan fingerprint density at radius 2 is 1.81 bits per heavy atom. The van der Waals surface area contributed by atoms with E-state index in [0.29, 0.717) is 18.4 Å². The molecule has 3 aliphatic heterocycles. The smallest absolute Gasteiger partial charge is 0.242 e. The molecule has 5 nitrogen and oxygen atoms in total. The van der Waals surface area contributed by atoms with Gasteiger partial charge in [-0.05, 0) is 49.1 Å². The summed E-state index contributed by atoms with van der Waals surface area (Å²) in [7, 11) is 0. The minimum absolute atomic E-state index is 0.183. The van der Waals surface area contributed by atoms with Crippen molar-refractivity contribution in [3.8, 4) is 0 Å². The maximum absolute atomic E-state index is 13.1. The molecule has 1 aromatic heterocycles. The summed E-state index contributed by atoms with van der Waals surface area (Å²) in [5.74, 6) is 1.20. The van der Waals surface area contributed by atoms with Gasteiger partial charge in [-0.1, -0.05) is 24.6 Å². The molecule has 0 unspecified atom stereocenters. The van der Waals surface area contributed by atoms with Crippen molar-refractivity contribution >= 4 is 22.7 Å². The third-order valence-corrected chi connectivity index (χ3v) is 6.79. The number of piperidine rings is 1. The number of rotatable bonds is 3. The van der Waals surface area contributed by atoms with Gasteiger partial charge in [0.25, 0.3) is 0 Å². The number of amides is 2. The lowest BCUT2D eigenvalue weighted by atomic mass is 9.84. The van der Waals surface area contributed by atoms with Gasteiger partial charge < -0.3 is 14.4 Å². The number of hydrogen-bond acceptors (Lipinski definition) is 2. The van der Waals surface area contributed by atoms with E-state index in [-0.39, 0.29) is 17.9 Å². The summed E-state index contributed by atoms with van der Waals surface area (Å²) in [5.41, 5.74) is 1.10. The van der Waals surface area contributed by atoms with Crippen molar-refractivity contribution in [3.63, 3.8) is 0 Å². The summed E-state index contributed by atoms with van der Waals surface area (Å²) in [6, 6.07) is 10.4. The summed E-state index contributed by atoms with van der Waals surface area (Å²) in [5, 5.41) is 1.17. The number of para-hydroxylation sites is 1. The Morgan fingerprint density at radius 1 is 0.963 bits per heavy atom. The average molecular weight is 365 g/mol. The van der Waals surface area contributed by atoms with Crippen molar-refractivity contribution in [2.24, 2.45) is 11.8 Å². The van der Waals surface area contributed by atoms with Gasteiger partial charge in [0.05, 0.1) is 0 Å². The van der Waals surface area contributed by atoms with Gasteiger partial charge in [-0.25, -0.2) is 0 Å². The molecule has 27 heavy (non-hydrogen) atoms. The number of nitrogens with zero attached hydrogens (tertiary/aromatic N) is 3. The highest BCUT2D eigenvalue weighted by Crippen LogP contribution is 2.33. The summed E-state index contributed by atoms with van der Waals surface area (Å²) in [4.78, 5) is 30.0. The van der Waals surface area contributed by atoms with Crippen LogP contribution in [0.15, 0.2) is 36.5 Å². The molecule has 1 aromatic carbocycles. The highest BCUT2D eigenvalue weighted by Gasteiger charge is 2.40. The first kappa shape index (κ1) is 16.8. The van der Waals surface area contributed by atoms with E-state index in [1.54, 1.807) is 0 Å². The average Bonchev–Trinajstić information content (AvgIpc) is 2.82. The van der Waals surface area contributed by atoms with Crippen LogP contribution >= 0.6 is 0 Å². The lowest BCUT2D eigenvalue weighted by molar-refractivity contribution is -0.140. The molecule has 1 saturated carbocycles. The molecule has 4 fully saturated rings. The quantitative estimate of drug-likeness (QED) is 0.840. The zero-order valence-corrected chi connectivity index (χ0v) is 15.7. The standard InChI is InChI=1S/C22H27N3O2/c26-21(15-23-11-10-17-4-1-2-7-20(17)23)25-13-16-8-9-19(25)14-24(12-16)22(27)18-5-3-6-18/h1-2,4,7,10-11,16,18-19H,3,5-6,8-9,12-15H2/t16-,19+/m1/s1. The molecular weight excluding hydrogens is 338 g/mol. The molecule has 0 radical (unpaired) electrons. The lowest BCUT2D eigenvalue weighted by Gasteiger charge is -2.36. The molecule has 6 rings (SSSR count). The Labute approximate surface area is 159 Å². The van der Waals surface area contributed by atoms with E-state index in [1.807, 2.05) is 22.9 Å². The minimum Gasteiger partial charge on any atom is -0.340 e. The van der Waals surface area contributed by atoms with Crippen LogP contribution in [0.1, 0.15) is 32.1 Å². The van der Waals surface area contributed by atoms with Crippen LogP contribution in [0.4, 0.5) is 0 Å². The van der Waals surface area contributed by atoms with Crippen LogP contribution in [0.5, 0.6) is 0 Å². The van der Waals surface area contributed by atoms with Gasteiger partial charge in [0.15, 0.2) is 0 Å². The van der Waals surface area contributed by atoms with Crippen LogP contribution < -0.4 is 0 Å². The van der Waals surface area contributed by atoms with Crippen LogP contribution in [-0.4, -0.2) is 51.9 Å². The Bertz CT molecular complexity index is 869. The molecule has 1 aliphatic carbocycles. The fourth-order valence-corrected chi connectivity index (χ4v) is 5.00. The first-order valence-electron chi connectivity index (χ1n) is 10.3. The third-order valence-electron chi connectivity index (χ3n) is 6.79. The summed E-state index contributed by atoms with van der Waals surface area (Å²) in [6.07, 6.45) is 7.45. The van der Waals surface area contributed by atoms with Gasteiger partial charge in [0.1, 0.15) is 6.54 Å². The molecule has 3 saturated heterocycles. The topological polar surface area (TPSA) is 45.6 Å². The maximum Gasteiger partial charge on any atom is 0.242 e. The molecule has 0 spiro atoms. The number of carbonyl (C=O) groups is 2. The van der Waals surface area contributed by atoms with E-state index in [4.69, 9.17) is 0 Å². The van der Waals surface area contributed by atoms with Gasteiger partial charge in [0.2, 0.25) is 11.8 Å². The first-order chi connectivity index (χ1) is 13.2. The van der Waals surface area contributed by atoms with E-state index in [1.165, 1.54) is 11.8 Å². The molecule has 2 bridgehead atoms. The van der Waals surface area contributed by atoms with E-state index >= 15 is 0 Å². The Morgan fingerprint density at radius 3 is 2.63 bits per heavy atom. The second kappa shape index (κ2) is 6.70. The second-order valence-electron chi connectivity index (χ2n) is 8.52. The lowest BCUT2D eigenvalue weighted by Crippen LogP contribution is -2.49.